The molecule has 4 nitrogen and oxygen atoms in total. The fourth-order valence-corrected chi connectivity index (χ4v) is 4.73. The topological polar surface area (TPSA) is 49.4 Å². The summed E-state index contributed by atoms with van der Waals surface area (Å²) in [5, 5.41) is 3.11. The Bertz CT molecular complexity index is 1150. The molecule has 1 atom stereocenters. The number of rotatable bonds is 8. The van der Waals surface area contributed by atoms with Crippen molar-refractivity contribution in [3.8, 4) is 0 Å². The van der Waals surface area contributed by atoms with Crippen molar-refractivity contribution >= 4 is 27.7 Å². The third-order valence-electron chi connectivity index (χ3n) is 5.65. The van der Waals surface area contributed by atoms with Gasteiger partial charge >= 0.3 is 0 Å². The minimum absolute atomic E-state index is 0.0695. The van der Waals surface area contributed by atoms with E-state index in [-0.39, 0.29) is 18.2 Å². The van der Waals surface area contributed by atoms with Crippen LogP contribution < -0.4 is 5.32 Å². The molecule has 3 aromatic carbocycles. The highest BCUT2D eigenvalue weighted by Gasteiger charge is 2.32. The molecular weight excluding hydrogens is 500 g/mol. The standard InChI is InChI=1S/C30H35BrN2O2/c1-21-14-22(2)16-25(15-21)19-28(34)33(20-24-12-9-13-26(31)17-24)27(29(35)32-30(3,4)5)18-23-10-7-6-8-11-23/h6-17,27H,18-20H2,1-5H3,(H,32,35)/t27-/m1/s1. The molecule has 0 heterocycles. The van der Waals surface area contributed by atoms with Crippen LogP contribution in [0, 0.1) is 13.8 Å². The first-order valence-corrected chi connectivity index (χ1v) is 12.8. The van der Waals surface area contributed by atoms with Crippen LogP contribution in [0.25, 0.3) is 0 Å². The van der Waals surface area contributed by atoms with Gasteiger partial charge in [-0.25, -0.2) is 0 Å². The van der Waals surface area contributed by atoms with Gasteiger partial charge in [0, 0.05) is 23.0 Å². The highest BCUT2D eigenvalue weighted by molar-refractivity contribution is 9.10. The van der Waals surface area contributed by atoms with Crippen molar-refractivity contribution in [1.82, 2.24) is 10.2 Å². The zero-order valence-electron chi connectivity index (χ0n) is 21.3. The molecule has 184 valence electrons. The van der Waals surface area contributed by atoms with Gasteiger partial charge in [-0.3, -0.25) is 9.59 Å². The van der Waals surface area contributed by atoms with Gasteiger partial charge in [0.05, 0.1) is 6.42 Å². The number of nitrogens with one attached hydrogen (secondary N) is 1. The minimum Gasteiger partial charge on any atom is -0.350 e. The minimum atomic E-state index is -0.644. The summed E-state index contributed by atoms with van der Waals surface area (Å²) in [6.45, 7) is 10.3. The second-order valence-corrected chi connectivity index (χ2v) is 11.2. The van der Waals surface area contributed by atoms with Gasteiger partial charge in [-0.2, -0.15) is 0 Å². The number of nitrogens with zero attached hydrogens (tertiary/aromatic N) is 1. The molecule has 0 aliphatic heterocycles. The zero-order chi connectivity index (χ0) is 25.6. The molecule has 2 amide bonds. The van der Waals surface area contributed by atoms with Crippen molar-refractivity contribution in [1.29, 1.82) is 0 Å². The smallest absolute Gasteiger partial charge is 0.243 e. The lowest BCUT2D eigenvalue weighted by Crippen LogP contribution is -2.54. The Balaban J connectivity index is 2.01. The van der Waals surface area contributed by atoms with Gasteiger partial charge in [0.1, 0.15) is 6.04 Å². The second-order valence-electron chi connectivity index (χ2n) is 10.3. The quantitative estimate of drug-likeness (QED) is 0.376. The average Bonchev–Trinajstić information content (AvgIpc) is 2.75. The van der Waals surface area contributed by atoms with E-state index in [0.717, 1.165) is 32.3 Å². The molecule has 0 bridgehead atoms. The number of carbonyl (C=O) groups excluding carboxylic acids is 2. The number of aryl methyl sites for hydroxylation is 2. The van der Waals surface area contributed by atoms with E-state index in [4.69, 9.17) is 0 Å². The summed E-state index contributed by atoms with van der Waals surface area (Å²) in [6, 6.07) is 23.3. The van der Waals surface area contributed by atoms with Crippen LogP contribution in [0.1, 0.15) is 48.6 Å². The number of hydrogen-bond acceptors (Lipinski definition) is 2. The summed E-state index contributed by atoms with van der Waals surface area (Å²) in [4.78, 5) is 29.2. The molecule has 0 aliphatic rings. The van der Waals surface area contributed by atoms with Crippen LogP contribution in [0.15, 0.2) is 77.3 Å². The van der Waals surface area contributed by atoms with Crippen LogP contribution in [-0.2, 0) is 29.0 Å². The van der Waals surface area contributed by atoms with Gasteiger partial charge in [0.15, 0.2) is 0 Å². The van der Waals surface area contributed by atoms with Crippen LogP contribution >= 0.6 is 15.9 Å². The first-order chi connectivity index (χ1) is 16.5. The van der Waals surface area contributed by atoms with E-state index in [1.165, 1.54) is 0 Å². The first-order valence-electron chi connectivity index (χ1n) is 12.0. The fourth-order valence-electron chi connectivity index (χ4n) is 4.29. The number of amides is 2. The summed E-state index contributed by atoms with van der Waals surface area (Å²) in [5.74, 6) is -0.218. The fraction of sp³-hybridized carbons (Fsp3) is 0.333. The molecule has 0 spiro atoms. The molecule has 3 rings (SSSR count). The van der Waals surface area contributed by atoms with Gasteiger partial charge in [0.2, 0.25) is 11.8 Å². The summed E-state index contributed by atoms with van der Waals surface area (Å²) in [6.07, 6.45) is 0.681. The SMILES string of the molecule is Cc1cc(C)cc(CC(=O)N(Cc2cccc(Br)c2)[C@H](Cc2ccccc2)C(=O)NC(C)(C)C)c1. The third-order valence-corrected chi connectivity index (χ3v) is 6.14. The van der Waals surface area contributed by atoms with Crippen LogP contribution in [0.5, 0.6) is 0 Å². The van der Waals surface area contributed by atoms with E-state index < -0.39 is 11.6 Å². The molecule has 0 unspecified atom stereocenters. The normalized spacial score (nSPS) is 12.2. The Labute approximate surface area is 217 Å². The Morgan fingerprint density at radius 3 is 2.09 bits per heavy atom. The Morgan fingerprint density at radius 2 is 1.49 bits per heavy atom. The number of carbonyl (C=O) groups is 2. The highest BCUT2D eigenvalue weighted by atomic mass is 79.9. The number of benzene rings is 3. The molecule has 0 saturated heterocycles. The summed E-state index contributed by atoms with van der Waals surface area (Å²) in [7, 11) is 0. The van der Waals surface area contributed by atoms with E-state index in [0.29, 0.717) is 13.0 Å². The van der Waals surface area contributed by atoms with Crippen LogP contribution in [-0.4, -0.2) is 28.3 Å². The second kappa shape index (κ2) is 11.7. The van der Waals surface area contributed by atoms with Crippen LogP contribution in [0.3, 0.4) is 0 Å². The van der Waals surface area contributed by atoms with Crippen molar-refractivity contribution in [3.63, 3.8) is 0 Å². The Kier molecular flexibility index (Phi) is 8.90. The predicted octanol–water partition coefficient (Wildman–Crippen LogP) is 6.16. The molecule has 5 heteroatoms. The largest absolute Gasteiger partial charge is 0.350 e. The molecular formula is C30H35BrN2O2. The summed E-state index contributed by atoms with van der Waals surface area (Å²) < 4.78 is 0.940. The Morgan fingerprint density at radius 1 is 0.857 bits per heavy atom. The van der Waals surface area contributed by atoms with Gasteiger partial charge in [0.25, 0.3) is 0 Å². The Hall–Kier alpha value is -2.92. The lowest BCUT2D eigenvalue weighted by molar-refractivity contribution is -0.141. The van der Waals surface area contributed by atoms with Crippen LogP contribution in [0.2, 0.25) is 0 Å². The molecule has 0 aliphatic carbocycles. The van der Waals surface area contributed by atoms with Gasteiger partial charge < -0.3 is 10.2 Å². The van der Waals surface area contributed by atoms with Crippen molar-refractivity contribution in [3.05, 3.63) is 105 Å². The molecule has 35 heavy (non-hydrogen) atoms. The van der Waals surface area contributed by atoms with Crippen molar-refractivity contribution in [2.24, 2.45) is 0 Å². The van der Waals surface area contributed by atoms with Crippen LogP contribution in [0.4, 0.5) is 0 Å². The van der Waals surface area contributed by atoms with Gasteiger partial charge in [-0.15, -0.1) is 0 Å². The number of hydrogen-bond donors (Lipinski definition) is 1. The maximum Gasteiger partial charge on any atom is 0.243 e. The molecule has 3 aromatic rings. The summed E-state index contributed by atoms with van der Waals surface area (Å²) in [5.41, 5.74) is 4.77. The molecule has 1 N–H and O–H groups in total. The molecule has 0 radical (unpaired) electrons. The predicted molar refractivity (Wildman–Crippen MR) is 146 cm³/mol. The summed E-state index contributed by atoms with van der Waals surface area (Å²) >= 11 is 3.54. The molecule has 0 aromatic heterocycles. The van der Waals surface area contributed by atoms with E-state index in [1.54, 1.807) is 4.90 Å². The van der Waals surface area contributed by atoms with Gasteiger partial charge in [-0.05, 0) is 63.4 Å². The lowest BCUT2D eigenvalue weighted by atomic mass is 9.99. The molecule has 0 fully saturated rings. The first kappa shape index (κ1) is 26.7. The average molecular weight is 536 g/mol. The maximum atomic E-state index is 13.9. The van der Waals surface area contributed by atoms with Gasteiger partial charge in [-0.1, -0.05) is 87.7 Å². The lowest BCUT2D eigenvalue weighted by Gasteiger charge is -2.34. The third kappa shape index (κ3) is 8.36. The van der Waals surface area contributed by atoms with Crippen molar-refractivity contribution in [2.45, 2.75) is 65.6 Å². The van der Waals surface area contributed by atoms with E-state index in [2.05, 4.69) is 27.3 Å². The number of halogens is 1. The zero-order valence-corrected chi connectivity index (χ0v) is 22.9. The molecule has 0 saturated carbocycles. The highest BCUT2D eigenvalue weighted by Crippen LogP contribution is 2.20. The van der Waals surface area contributed by atoms with E-state index >= 15 is 0 Å². The van der Waals surface area contributed by atoms with E-state index in [1.807, 2.05) is 101 Å². The van der Waals surface area contributed by atoms with E-state index in [9.17, 15) is 9.59 Å². The maximum absolute atomic E-state index is 13.9. The van der Waals surface area contributed by atoms with Crippen molar-refractivity contribution in [2.75, 3.05) is 0 Å². The monoisotopic (exact) mass is 534 g/mol. The van der Waals surface area contributed by atoms with Crippen molar-refractivity contribution < 1.29 is 9.59 Å².